The van der Waals surface area contributed by atoms with Gasteiger partial charge in [0.05, 0.1) is 11.7 Å². The molecule has 0 amide bonds. The molecule has 1 fully saturated rings. The van der Waals surface area contributed by atoms with Crippen molar-refractivity contribution in [3.8, 4) is 5.75 Å². The molecule has 1 aliphatic carbocycles. The van der Waals surface area contributed by atoms with Crippen molar-refractivity contribution >= 4 is 5.96 Å². The summed E-state index contributed by atoms with van der Waals surface area (Å²) >= 11 is 0. The third-order valence-corrected chi connectivity index (χ3v) is 3.86. The zero-order valence-electron chi connectivity index (χ0n) is 14.4. The van der Waals surface area contributed by atoms with E-state index >= 15 is 0 Å². The maximum atomic E-state index is 13.3. The first-order chi connectivity index (χ1) is 11.2. The van der Waals surface area contributed by atoms with Crippen LogP contribution in [0.15, 0.2) is 23.2 Å². The second-order valence-electron chi connectivity index (χ2n) is 6.37. The molecule has 0 heterocycles. The van der Waals surface area contributed by atoms with Crippen LogP contribution in [0.2, 0.25) is 0 Å². The third kappa shape index (κ3) is 5.04. The Bertz CT molecular complexity index is 599. The van der Waals surface area contributed by atoms with Crippen molar-refractivity contribution in [2.75, 3.05) is 7.05 Å². The molecule has 0 saturated heterocycles. The summed E-state index contributed by atoms with van der Waals surface area (Å²) in [5.74, 6) is 1.30. The lowest BCUT2D eigenvalue weighted by Crippen LogP contribution is -2.38. The molecule has 0 aromatic heterocycles. The normalized spacial score (nSPS) is 20.9. The fourth-order valence-corrected chi connectivity index (χ4v) is 2.39. The molecule has 2 rings (SSSR count). The maximum absolute atomic E-state index is 13.3. The van der Waals surface area contributed by atoms with E-state index in [0.717, 1.165) is 12.5 Å². The van der Waals surface area contributed by atoms with Crippen LogP contribution in [-0.4, -0.2) is 25.2 Å². The Morgan fingerprint density at radius 1 is 1.38 bits per heavy atom. The summed E-state index contributed by atoms with van der Waals surface area (Å²) in [6, 6.07) is 4.40. The van der Waals surface area contributed by atoms with Gasteiger partial charge in [0.1, 0.15) is 5.75 Å². The molecule has 1 aromatic rings. The summed E-state index contributed by atoms with van der Waals surface area (Å²) < 4.78 is 45.3. The molecule has 4 nitrogen and oxygen atoms in total. The summed E-state index contributed by atoms with van der Waals surface area (Å²) in [4.78, 5) is 4.05. The SMILES string of the molecule is CN=C(NCc1ccc(OC(C)C)cc1C(F)(F)F)NC1CC1C. The topological polar surface area (TPSA) is 45.7 Å². The first kappa shape index (κ1) is 18.4. The summed E-state index contributed by atoms with van der Waals surface area (Å²) in [6.07, 6.45) is -3.57. The third-order valence-electron chi connectivity index (χ3n) is 3.86. The molecule has 24 heavy (non-hydrogen) atoms. The molecule has 7 heteroatoms. The number of guanidine groups is 1. The summed E-state index contributed by atoms with van der Waals surface area (Å²) in [5, 5.41) is 6.14. The average molecular weight is 343 g/mol. The van der Waals surface area contributed by atoms with Crippen molar-refractivity contribution in [3.63, 3.8) is 0 Å². The monoisotopic (exact) mass is 343 g/mol. The van der Waals surface area contributed by atoms with Gasteiger partial charge in [-0.25, -0.2) is 0 Å². The fourth-order valence-electron chi connectivity index (χ4n) is 2.39. The van der Waals surface area contributed by atoms with E-state index in [0.29, 0.717) is 17.9 Å². The van der Waals surface area contributed by atoms with Crippen molar-refractivity contribution < 1.29 is 17.9 Å². The molecular weight excluding hydrogens is 319 g/mol. The number of aliphatic imine (C=N–C) groups is 1. The zero-order valence-corrected chi connectivity index (χ0v) is 14.4. The Kier molecular flexibility index (Phi) is 5.62. The Balaban J connectivity index is 2.10. The molecule has 0 aliphatic heterocycles. The highest BCUT2D eigenvalue weighted by Crippen LogP contribution is 2.34. The number of rotatable bonds is 5. The van der Waals surface area contributed by atoms with Crippen molar-refractivity contribution in [2.24, 2.45) is 10.9 Å². The lowest BCUT2D eigenvalue weighted by molar-refractivity contribution is -0.138. The Morgan fingerprint density at radius 2 is 2.04 bits per heavy atom. The second kappa shape index (κ2) is 7.32. The number of nitrogens with one attached hydrogen (secondary N) is 2. The van der Waals surface area contributed by atoms with Gasteiger partial charge in [-0.05, 0) is 43.9 Å². The number of hydrogen-bond acceptors (Lipinski definition) is 2. The molecule has 0 spiro atoms. The predicted octanol–water partition coefficient (Wildman–Crippen LogP) is 3.57. The van der Waals surface area contributed by atoms with E-state index in [9.17, 15) is 13.2 Å². The van der Waals surface area contributed by atoms with Crippen LogP contribution in [0, 0.1) is 5.92 Å². The van der Waals surface area contributed by atoms with Gasteiger partial charge in [0.2, 0.25) is 0 Å². The zero-order chi connectivity index (χ0) is 17.9. The van der Waals surface area contributed by atoms with E-state index in [4.69, 9.17) is 4.74 Å². The minimum absolute atomic E-state index is 0.0393. The van der Waals surface area contributed by atoms with Gasteiger partial charge < -0.3 is 15.4 Å². The van der Waals surface area contributed by atoms with Crippen molar-refractivity contribution in [3.05, 3.63) is 29.3 Å². The van der Waals surface area contributed by atoms with Crippen LogP contribution < -0.4 is 15.4 Å². The van der Waals surface area contributed by atoms with Crippen LogP contribution in [0.1, 0.15) is 38.3 Å². The Labute approximate surface area is 140 Å². The van der Waals surface area contributed by atoms with Crippen LogP contribution >= 0.6 is 0 Å². The van der Waals surface area contributed by atoms with E-state index in [-0.39, 0.29) is 24.0 Å². The number of nitrogens with zero attached hydrogens (tertiary/aromatic N) is 1. The molecule has 0 bridgehead atoms. The highest BCUT2D eigenvalue weighted by Gasteiger charge is 2.35. The van der Waals surface area contributed by atoms with Gasteiger partial charge in [-0.15, -0.1) is 0 Å². The molecule has 2 unspecified atom stereocenters. The van der Waals surface area contributed by atoms with E-state index in [1.54, 1.807) is 27.0 Å². The van der Waals surface area contributed by atoms with Crippen molar-refractivity contribution in [1.82, 2.24) is 10.6 Å². The molecule has 2 N–H and O–H groups in total. The first-order valence-electron chi connectivity index (χ1n) is 8.04. The van der Waals surface area contributed by atoms with E-state index < -0.39 is 11.7 Å². The molecule has 1 saturated carbocycles. The van der Waals surface area contributed by atoms with Crippen LogP contribution in [0.4, 0.5) is 13.2 Å². The van der Waals surface area contributed by atoms with E-state index in [2.05, 4.69) is 22.5 Å². The first-order valence-corrected chi connectivity index (χ1v) is 8.04. The smallest absolute Gasteiger partial charge is 0.416 e. The van der Waals surface area contributed by atoms with Crippen LogP contribution in [-0.2, 0) is 12.7 Å². The van der Waals surface area contributed by atoms with Gasteiger partial charge in [-0.2, -0.15) is 13.2 Å². The number of alkyl halides is 3. The molecule has 2 atom stereocenters. The van der Waals surface area contributed by atoms with Crippen LogP contribution in [0.25, 0.3) is 0 Å². The minimum atomic E-state index is -4.44. The number of benzene rings is 1. The van der Waals surface area contributed by atoms with Gasteiger partial charge in [0, 0.05) is 19.6 Å². The average Bonchev–Trinajstić information content (AvgIpc) is 3.17. The standard InChI is InChI=1S/C17H24F3N3O/c1-10(2)24-13-6-5-12(14(8-13)17(18,19)20)9-22-16(21-4)23-15-7-11(15)3/h5-6,8,10-11,15H,7,9H2,1-4H3,(H2,21,22,23). The summed E-state index contributed by atoms with van der Waals surface area (Å²) in [5.41, 5.74) is -0.534. The maximum Gasteiger partial charge on any atom is 0.416 e. The van der Waals surface area contributed by atoms with Gasteiger partial charge in [0.15, 0.2) is 5.96 Å². The Hall–Kier alpha value is -1.92. The minimum Gasteiger partial charge on any atom is -0.491 e. The molecule has 0 radical (unpaired) electrons. The molecule has 1 aromatic carbocycles. The lowest BCUT2D eigenvalue weighted by atomic mass is 10.1. The number of halogens is 3. The lowest BCUT2D eigenvalue weighted by Gasteiger charge is -2.18. The predicted molar refractivity (Wildman–Crippen MR) is 88.1 cm³/mol. The number of ether oxygens (including phenoxy) is 1. The van der Waals surface area contributed by atoms with E-state index in [1.807, 2.05) is 0 Å². The van der Waals surface area contributed by atoms with Gasteiger partial charge in [-0.1, -0.05) is 13.0 Å². The summed E-state index contributed by atoms with van der Waals surface area (Å²) in [6.45, 7) is 5.70. The summed E-state index contributed by atoms with van der Waals surface area (Å²) in [7, 11) is 1.60. The van der Waals surface area contributed by atoms with Crippen molar-refractivity contribution in [2.45, 2.75) is 52.1 Å². The molecular formula is C17H24F3N3O. The van der Waals surface area contributed by atoms with E-state index in [1.165, 1.54) is 6.07 Å². The van der Waals surface area contributed by atoms with Gasteiger partial charge in [0.25, 0.3) is 0 Å². The largest absolute Gasteiger partial charge is 0.491 e. The highest BCUT2D eigenvalue weighted by atomic mass is 19.4. The second-order valence-corrected chi connectivity index (χ2v) is 6.37. The Morgan fingerprint density at radius 3 is 2.54 bits per heavy atom. The number of hydrogen-bond donors (Lipinski definition) is 2. The highest BCUT2D eigenvalue weighted by molar-refractivity contribution is 5.80. The van der Waals surface area contributed by atoms with Crippen molar-refractivity contribution in [1.29, 1.82) is 0 Å². The quantitative estimate of drug-likeness (QED) is 0.635. The van der Waals surface area contributed by atoms with Crippen LogP contribution in [0.5, 0.6) is 5.75 Å². The van der Waals surface area contributed by atoms with Gasteiger partial charge >= 0.3 is 6.18 Å². The molecule has 1 aliphatic rings. The van der Waals surface area contributed by atoms with Crippen LogP contribution in [0.3, 0.4) is 0 Å². The fraction of sp³-hybridized carbons (Fsp3) is 0.588. The van der Waals surface area contributed by atoms with Gasteiger partial charge in [-0.3, -0.25) is 4.99 Å². The molecule has 134 valence electrons.